The third-order valence-electron chi connectivity index (χ3n) is 3.37. The summed E-state index contributed by atoms with van der Waals surface area (Å²) in [4.78, 5) is 22.7. The van der Waals surface area contributed by atoms with Gasteiger partial charge in [0.05, 0.1) is 11.3 Å². The van der Waals surface area contributed by atoms with Gasteiger partial charge in [-0.2, -0.15) is 11.8 Å². The van der Waals surface area contributed by atoms with Crippen LogP contribution in [0.5, 0.6) is 0 Å². The van der Waals surface area contributed by atoms with Gasteiger partial charge < -0.3 is 10.4 Å². The van der Waals surface area contributed by atoms with Crippen molar-refractivity contribution in [2.24, 2.45) is 5.92 Å². The van der Waals surface area contributed by atoms with Crippen LogP contribution in [0.1, 0.15) is 32.1 Å². The molecule has 2 N–H and O–H groups in total. The minimum absolute atomic E-state index is 0.0461. The van der Waals surface area contributed by atoms with Crippen molar-refractivity contribution < 1.29 is 14.7 Å². The lowest BCUT2D eigenvalue weighted by atomic mass is 9.86. The van der Waals surface area contributed by atoms with E-state index in [-0.39, 0.29) is 23.2 Å². The maximum atomic E-state index is 11.8. The molecule has 0 heterocycles. The van der Waals surface area contributed by atoms with Gasteiger partial charge in [-0.25, -0.2) is 0 Å². The zero-order chi connectivity index (χ0) is 15.0. The van der Waals surface area contributed by atoms with E-state index in [4.69, 9.17) is 28.3 Å². The van der Waals surface area contributed by atoms with Gasteiger partial charge in [0.1, 0.15) is 0 Å². The summed E-state index contributed by atoms with van der Waals surface area (Å²) in [5.74, 6) is 1.12. The molecule has 1 unspecified atom stereocenters. The Morgan fingerprint density at radius 1 is 1.30 bits per heavy atom. The van der Waals surface area contributed by atoms with Crippen molar-refractivity contribution in [2.75, 3.05) is 17.4 Å². The lowest BCUT2D eigenvalue weighted by Crippen LogP contribution is -2.39. The van der Waals surface area contributed by atoms with Gasteiger partial charge in [-0.15, -0.1) is 23.2 Å². The van der Waals surface area contributed by atoms with Crippen LogP contribution >= 0.6 is 35.0 Å². The second-order valence-electron chi connectivity index (χ2n) is 5.02. The summed E-state index contributed by atoms with van der Waals surface area (Å²) in [6, 6.07) is 0.0949. The fourth-order valence-electron chi connectivity index (χ4n) is 2.30. The van der Waals surface area contributed by atoms with E-state index in [1.165, 1.54) is 0 Å². The van der Waals surface area contributed by atoms with Crippen LogP contribution in [0, 0.1) is 5.92 Å². The maximum Gasteiger partial charge on any atom is 0.306 e. The normalized spacial score (nSPS) is 24.1. The number of carboxylic acids is 1. The van der Waals surface area contributed by atoms with Crippen LogP contribution in [0.3, 0.4) is 0 Å². The molecule has 0 radical (unpaired) electrons. The van der Waals surface area contributed by atoms with Crippen LogP contribution in [0.2, 0.25) is 0 Å². The SMILES string of the molecule is O=C(CC(Cl)CSCCCl)NC1CCC(C(=O)O)CC1. The summed E-state index contributed by atoms with van der Waals surface area (Å²) in [6.45, 7) is 0. The Hall–Kier alpha value is -0.130. The molecule has 0 aromatic heterocycles. The van der Waals surface area contributed by atoms with Gasteiger partial charge in [-0.3, -0.25) is 9.59 Å². The molecule has 1 fully saturated rings. The topological polar surface area (TPSA) is 66.4 Å². The summed E-state index contributed by atoms with van der Waals surface area (Å²) in [5.41, 5.74) is 0. The fraction of sp³-hybridized carbons (Fsp3) is 0.846. The average Bonchev–Trinajstić information content (AvgIpc) is 2.39. The Morgan fingerprint density at radius 3 is 2.50 bits per heavy atom. The van der Waals surface area contributed by atoms with Crippen LogP contribution in [-0.2, 0) is 9.59 Å². The number of halogens is 2. The van der Waals surface area contributed by atoms with E-state index in [0.29, 0.717) is 30.9 Å². The van der Waals surface area contributed by atoms with E-state index >= 15 is 0 Å². The Morgan fingerprint density at radius 2 is 1.95 bits per heavy atom. The Kier molecular flexibility index (Phi) is 8.73. The first-order chi connectivity index (χ1) is 9.52. The quantitative estimate of drug-likeness (QED) is 0.526. The van der Waals surface area contributed by atoms with Gasteiger partial charge in [0.15, 0.2) is 0 Å². The number of carbonyl (C=O) groups excluding carboxylic acids is 1. The highest BCUT2D eigenvalue weighted by atomic mass is 35.5. The van der Waals surface area contributed by atoms with Gasteiger partial charge in [0, 0.05) is 29.8 Å². The predicted molar refractivity (Wildman–Crippen MR) is 83.8 cm³/mol. The Balaban J connectivity index is 2.18. The molecule has 1 amide bonds. The first kappa shape index (κ1) is 17.9. The molecule has 1 rings (SSSR count). The molecular weight excluding hydrogens is 321 g/mol. The highest BCUT2D eigenvalue weighted by Gasteiger charge is 2.26. The smallest absolute Gasteiger partial charge is 0.306 e. The largest absolute Gasteiger partial charge is 0.481 e. The van der Waals surface area contributed by atoms with Gasteiger partial charge >= 0.3 is 5.97 Å². The van der Waals surface area contributed by atoms with Crippen LogP contribution in [0.4, 0.5) is 0 Å². The molecule has 1 atom stereocenters. The van der Waals surface area contributed by atoms with E-state index in [0.717, 1.165) is 18.6 Å². The molecule has 20 heavy (non-hydrogen) atoms. The van der Waals surface area contributed by atoms with E-state index in [1.807, 2.05) is 0 Å². The Labute approximate surface area is 134 Å². The van der Waals surface area contributed by atoms with E-state index in [2.05, 4.69) is 5.32 Å². The standard InChI is InChI=1S/C13H21Cl2NO3S/c14-5-6-20-8-10(15)7-12(17)16-11-3-1-9(2-4-11)13(18)19/h9-11H,1-8H2,(H,16,17)(H,18,19). The third-order valence-corrected chi connectivity index (χ3v) is 5.40. The number of rotatable bonds is 8. The molecule has 0 bridgehead atoms. The van der Waals surface area contributed by atoms with Crippen molar-refractivity contribution in [3.8, 4) is 0 Å². The zero-order valence-corrected chi connectivity index (χ0v) is 13.6. The molecule has 4 nitrogen and oxygen atoms in total. The Bertz CT molecular complexity index is 323. The first-order valence-electron chi connectivity index (χ1n) is 6.83. The zero-order valence-electron chi connectivity index (χ0n) is 11.3. The predicted octanol–water partition coefficient (Wildman–Crippen LogP) is 2.72. The second-order valence-corrected chi connectivity index (χ2v) is 7.16. The molecular formula is C13H21Cl2NO3S. The number of hydrogen-bond donors (Lipinski definition) is 2. The molecule has 0 saturated heterocycles. The number of nitrogens with one attached hydrogen (secondary N) is 1. The molecule has 1 saturated carbocycles. The molecule has 0 aromatic carbocycles. The van der Waals surface area contributed by atoms with Crippen molar-refractivity contribution in [3.63, 3.8) is 0 Å². The van der Waals surface area contributed by atoms with Crippen LogP contribution < -0.4 is 5.32 Å². The third kappa shape index (κ3) is 7.04. The van der Waals surface area contributed by atoms with Crippen molar-refractivity contribution in [1.29, 1.82) is 0 Å². The van der Waals surface area contributed by atoms with Gasteiger partial charge in [-0.05, 0) is 25.7 Å². The first-order valence-corrected chi connectivity index (χ1v) is 8.95. The minimum Gasteiger partial charge on any atom is -0.481 e. The maximum absolute atomic E-state index is 11.8. The number of hydrogen-bond acceptors (Lipinski definition) is 3. The molecule has 116 valence electrons. The lowest BCUT2D eigenvalue weighted by molar-refractivity contribution is -0.142. The lowest BCUT2D eigenvalue weighted by Gasteiger charge is -2.27. The van der Waals surface area contributed by atoms with E-state index in [1.54, 1.807) is 11.8 Å². The minimum atomic E-state index is -0.730. The highest BCUT2D eigenvalue weighted by Crippen LogP contribution is 2.24. The van der Waals surface area contributed by atoms with Crippen LogP contribution in [-0.4, -0.2) is 45.8 Å². The molecule has 1 aliphatic carbocycles. The van der Waals surface area contributed by atoms with Crippen molar-refractivity contribution in [3.05, 3.63) is 0 Å². The highest BCUT2D eigenvalue weighted by molar-refractivity contribution is 7.99. The molecule has 0 aliphatic heterocycles. The van der Waals surface area contributed by atoms with Gasteiger partial charge in [0.2, 0.25) is 5.91 Å². The average molecular weight is 342 g/mol. The summed E-state index contributed by atoms with van der Waals surface area (Å²) in [7, 11) is 0. The van der Waals surface area contributed by atoms with Gasteiger partial charge in [0.25, 0.3) is 0 Å². The number of amides is 1. The van der Waals surface area contributed by atoms with E-state index < -0.39 is 5.97 Å². The molecule has 7 heteroatoms. The number of carbonyl (C=O) groups is 2. The van der Waals surface area contributed by atoms with Crippen LogP contribution in [0.25, 0.3) is 0 Å². The monoisotopic (exact) mass is 341 g/mol. The summed E-state index contributed by atoms with van der Waals surface area (Å²) in [5, 5.41) is 11.7. The number of thioether (sulfide) groups is 1. The number of carboxylic acid groups (broad SMARTS) is 1. The summed E-state index contributed by atoms with van der Waals surface area (Å²) >= 11 is 13.3. The summed E-state index contributed by atoms with van der Waals surface area (Å²) < 4.78 is 0. The molecule has 0 aromatic rings. The van der Waals surface area contributed by atoms with Crippen LogP contribution in [0.15, 0.2) is 0 Å². The molecule has 0 spiro atoms. The summed E-state index contributed by atoms with van der Waals surface area (Å²) in [6.07, 6.45) is 3.04. The molecule has 1 aliphatic rings. The van der Waals surface area contributed by atoms with Crippen molar-refractivity contribution in [1.82, 2.24) is 5.32 Å². The van der Waals surface area contributed by atoms with Crippen molar-refractivity contribution >= 4 is 46.8 Å². The van der Waals surface area contributed by atoms with Crippen molar-refractivity contribution in [2.45, 2.75) is 43.5 Å². The number of alkyl halides is 2. The second kappa shape index (κ2) is 9.74. The van der Waals surface area contributed by atoms with Gasteiger partial charge in [-0.1, -0.05) is 0 Å². The number of aliphatic carboxylic acids is 1. The fourth-order valence-corrected chi connectivity index (χ4v) is 3.68. The van der Waals surface area contributed by atoms with E-state index in [9.17, 15) is 9.59 Å².